The van der Waals surface area contributed by atoms with Gasteiger partial charge in [-0.15, -0.1) is 0 Å². The highest BCUT2D eigenvalue weighted by Gasteiger charge is 2.29. The molecule has 0 spiro atoms. The van der Waals surface area contributed by atoms with E-state index >= 15 is 0 Å². The van der Waals surface area contributed by atoms with Crippen LogP contribution in [0.4, 0.5) is 11.6 Å². The molecule has 0 radical (unpaired) electrons. The van der Waals surface area contributed by atoms with Gasteiger partial charge in [-0.2, -0.15) is 11.8 Å². The van der Waals surface area contributed by atoms with Crippen LogP contribution in [0.1, 0.15) is 45.4 Å². The molecule has 0 saturated carbocycles. The van der Waals surface area contributed by atoms with Crippen molar-refractivity contribution in [3.63, 3.8) is 0 Å². The van der Waals surface area contributed by atoms with Gasteiger partial charge in [-0.05, 0) is 25.5 Å². The molecule has 5 heteroatoms. The Hall–Kier alpha value is -0.970. The van der Waals surface area contributed by atoms with E-state index in [2.05, 4.69) is 53.1 Å². The minimum atomic E-state index is 0.338. The van der Waals surface area contributed by atoms with Crippen molar-refractivity contribution in [3.05, 3.63) is 11.9 Å². The molecule has 19 heavy (non-hydrogen) atoms. The highest BCUT2D eigenvalue weighted by atomic mass is 32.2. The summed E-state index contributed by atoms with van der Waals surface area (Å²) in [7, 11) is 1.89. The fraction of sp³-hybridized carbons (Fsp3) is 0.714. The van der Waals surface area contributed by atoms with Gasteiger partial charge in [0.05, 0.1) is 0 Å². The zero-order valence-corrected chi connectivity index (χ0v) is 13.1. The van der Waals surface area contributed by atoms with E-state index < -0.39 is 0 Å². The zero-order valence-electron chi connectivity index (χ0n) is 12.3. The Morgan fingerprint density at radius 2 is 2.11 bits per heavy atom. The third-order valence-corrected chi connectivity index (χ3v) is 5.00. The Morgan fingerprint density at radius 3 is 2.68 bits per heavy atom. The van der Waals surface area contributed by atoms with Gasteiger partial charge in [-0.3, -0.25) is 0 Å². The van der Waals surface area contributed by atoms with Gasteiger partial charge in [-0.25, -0.2) is 9.97 Å². The first-order chi connectivity index (χ1) is 9.02. The van der Waals surface area contributed by atoms with Crippen molar-refractivity contribution in [2.45, 2.75) is 44.3 Å². The number of nitrogens with zero attached hydrogens (tertiary/aromatic N) is 2. The average molecular weight is 280 g/mol. The van der Waals surface area contributed by atoms with Gasteiger partial charge in [0.1, 0.15) is 17.5 Å². The lowest BCUT2D eigenvalue weighted by molar-refractivity contribution is 0.633. The summed E-state index contributed by atoms with van der Waals surface area (Å²) in [5, 5.41) is 6.59. The first-order valence-electron chi connectivity index (χ1n) is 6.97. The SMILES string of the molecule is CNc1cc(NCC2(C)CCCS2)nc(C(C)C)n1. The molecule has 1 aliphatic rings. The van der Waals surface area contributed by atoms with E-state index in [9.17, 15) is 0 Å². The summed E-state index contributed by atoms with van der Waals surface area (Å²) >= 11 is 2.06. The van der Waals surface area contributed by atoms with Gasteiger partial charge in [0.25, 0.3) is 0 Å². The van der Waals surface area contributed by atoms with E-state index in [0.717, 1.165) is 24.0 Å². The van der Waals surface area contributed by atoms with Gasteiger partial charge in [0.15, 0.2) is 0 Å². The molecule has 106 valence electrons. The van der Waals surface area contributed by atoms with E-state index in [0.29, 0.717) is 10.7 Å². The summed E-state index contributed by atoms with van der Waals surface area (Å²) in [4.78, 5) is 9.08. The first kappa shape index (κ1) is 14.4. The molecule has 2 rings (SSSR count). The Balaban J connectivity index is 2.08. The largest absolute Gasteiger partial charge is 0.373 e. The van der Waals surface area contributed by atoms with Gasteiger partial charge >= 0.3 is 0 Å². The number of nitrogens with one attached hydrogen (secondary N) is 2. The summed E-state index contributed by atoms with van der Waals surface area (Å²) in [6, 6.07) is 1.98. The fourth-order valence-electron chi connectivity index (χ4n) is 2.20. The van der Waals surface area contributed by atoms with Crippen LogP contribution in [0.2, 0.25) is 0 Å². The van der Waals surface area contributed by atoms with Gasteiger partial charge in [-0.1, -0.05) is 13.8 Å². The van der Waals surface area contributed by atoms with Gasteiger partial charge in [0.2, 0.25) is 0 Å². The maximum atomic E-state index is 4.60. The second-order valence-electron chi connectivity index (χ2n) is 5.66. The summed E-state index contributed by atoms with van der Waals surface area (Å²) in [6.45, 7) is 7.54. The monoisotopic (exact) mass is 280 g/mol. The number of rotatable bonds is 5. The van der Waals surface area contributed by atoms with Crippen LogP contribution in [0.3, 0.4) is 0 Å². The number of aromatic nitrogens is 2. The summed E-state index contributed by atoms with van der Waals surface area (Å²) in [5.41, 5.74) is 0. The molecule has 1 aromatic heterocycles. The van der Waals surface area contributed by atoms with Crippen molar-refractivity contribution in [1.82, 2.24) is 9.97 Å². The van der Waals surface area contributed by atoms with Crippen molar-refractivity contribution >= 4 is 23.4 Å². The van der Waals surface area contributed by atoms with Crippen LogP contribution >= 0.6 is 11.8 Å². The van der Waals surface area contributed by atoms with E-state index in [1.54, 1.807) is 0 Å². The van der Waals surface area contributed by atoms with E-state index in [1.807, 2.05) is 13.1 Å². The molecule has 1 saturated heterocycles. The molecular formula is C14H24N4S. The molecule has 1 aromatic rings. The molecule has 1 aliphatic heterocycles. The van der Waals surface area contributed by atoms with Crippen LogP contribution in [0.15, 0.2) is 6.07 Å². The molecule has 4 nitrogen and oxygen atoms in total. The molecular weight excluding hydrogens is 256 g/mol. The molecule has 0 aromatic carbocycles. The third kappa shape index (κ3) is 3.75. The average Bonchev–Trinajstić information content (AvgIpc) is 2.83. The lowest BCUT2D eigenvalue weighted by Crippen LogP contribution is -2.27. The van der Waals surface area contributed by atoms with Crippen molar-refractivity contribution < 1.29 is 0 Å². The number of hydrogen-bond donors (Lipinski definition) is 2. The summed E-state index contributed by atoms with van der Waals surface area (Å²) < 4.78 is 0.350. The maximum absolute atomic E-state index is 4.60. The Labute approximate surface area is 120 Å². The summed E-state index contributed by atoms with van der Waals surface area (Å²) in [6.07, 6.45) is 2.61. The highest BCUT2D eigenvalue weighted by Crippen LogP contribution is 2.37. The second-order valence-corrected chi connectivity index (χ2v) is 7.34. The van der Waals surface area contributed by atoms with E-state index in [-0.39, 0.29) is 0 Å². The molecule has 0 amide bonds. The van der Waals surface area contributed by atoms with Gasteiger partial charge < -0.3 is 10.6 Å². The van der Waals surface area contributed by atoms with Crippen LogP contribution in [-0.4, -0.2) is 34.1 Å². The van der Waals surface area contributed by atoms with Crippen LogP contribution < -0.4 is 10.6 Å². The van der Waals surface area contributed by atoms with Crippen molar-refractivity contribution in [2.24, 2.45) is 0 Å². The second kappa shape index (κ2) is 5.99. The third-order valence-electron chi connectivity index (χ3n) is 3.46. The molecule has 1 unspecified atom stereocenters. The summed E-state index contributed by atoms with van der Waals surface area (Å²) in [5.74, 6) is 4.31. The van der Waals surface area contributed by atoms with E-state index in [4.69, 9.17) is 0 Å². The van der Waals surface area contributed by atoms with Crippen molar-refractivity contribution in [1.29, 1.82) is 0 Å². The lowest BCUT2D eigenvalue weighted by Gasteiger charge is -2.23. The van der Waals surface area contributed by atoms with Crippen LogP contribution in [0.25, 0.3) is 0 Å². The molecule has 2 N–H and O–H groups in total. The number of anilines is 2. The highest BCUT2D eigenvalue weighted by molar-refractivity contribution is 8.00. The zero-order chi connectivity index (χ0) is 13.9. The Morgan fingerprint density at radius 1 is 1.37 bits per heavy atom. The van der Waals surface area contributed by atoms with Crippen molar-refractivity contribution in [2.75, 3.05) is 30.0 Å². The van der Waals surface area contributed by atoms with Gasteiger partial charge in [0, 0.05) is 30.3 Å². The maximum Gasteiger partial charge on any atom is 0.135 e. The smallest absolute Gasteiger partial charge is 0.135 e. The lowest BCUT2D eigenvalue weighted by atomic mass is 10.1. The van der Waals surface area contributed by atoms with E-state index in [1.165, 1.54) is 18.6 Å². The fourth-order valence-corrected chi connectivity index (χ4v) is 3.44. The molecule has 2 heterocycles. The van der Waals surface area contributed by atoms with Crippen molar-refractivity contribution in [3.8, 4) is 0 Å². The Bertz CT molecular complexity index is 427. The number of thioether (sulfide) groups is 1. The van der Waals surface area contributed by atoms with Crippen LogP contribution in [0.5, 0.6) is 0 Å². The Kier molecular flexibility index (Phi) is 4.55. The molecule has 1 fully saturated rings. The molecule has 0 aliphatic carbocycles. The van der Waals surface area contributed by atoms with Crippen LogP contribution in [0, 0.1) is 0 Å². The topological polar surface area (TPSA) is 49.8 Å². The first-order valence-corrected chi connectivity index (χ1v) is 7.95. The number of hydrogen-bond acceptors (Lipinski definition) is 5. The van der Waals surface area contributed by atoms with Crippen LogP contribution in [-0.2, 0) is 0 Å². The molecule has 1 atom stereocenters. The minimum Gasteiger partial charge on any atom is -0.373 e. The minimum absolute atomic E-state index is 0.338. The predicted molar refractivity (Wildman–Crippen MR) is 84.3 cm³/mol. The normalized spacial score (nSPS) is 22.8. The predicted octanol–water partition coefficient (Wildman–Crippen LogP) is 3.34. The standard InChI is InChI=1S/C14H24N4S/c1-10(2)13-17-11(15-4)8-12(18-13)16-9-14(3)6-5-7-19-14/h8,10H,5-7,9H2,1-4H3,(H2,15,16,17,18). The quantitative estimate of drug-likeness (QED) is 0.866. The molecule has 0 bridgehead atoms.